The summed E-state index contributed by atoms with van der Waals surface area (Å²) in [5.41, 5.74) is 3.10. The largest absolute Gasteiger partial charge is 0.366 e. The highest BCUT2D eigenvalue weighted by atomic mass is 28.2. The molecule has 1 aliphatic rings. The van der Waals surface area contributed by atoms with Crippen molar-refractivity contribution in [1.82, 2.24) is 25.5 Å². The van der Waals surface area contributed by atoms with Crippen LogP contribution in [0.1, 0.15) is 16.8 Å². The predicted molar refractivity (Wildman–Crippen MR) is 149 cm³/mol. The van der Waals surface area contributed by atoms with E-state index >= 15 is 0 Å². The van der Waals surface area contributed by atoms with Gasteiger partial charge in [-0.1, -0.05) is 42.9 Å². The van der Waals surface area contributed by atoms with E-state index in [0.29, 0.717) is 19.6 Å². The van der Waals surface area contributed by atoms with Crippen molar-refractivity contribution in [1.29, 1.82) is 0 Å². The highest BCUT2D eigenvalue weighted by molar-refractivity contribution is 6.42. The number of benzene rings is 1. The van der Waals surface area contributed by atoms with E-state index in [1.165, 1.54) is 5.56 Å². The number of anilines is 2. The maximum Gasteiger partial charge on any atom is 0.233 e. The summed E-state index contributed by atoms with van der Waals surface area (Å²) < 4.78 is 0. The minimum Gasteiger partial charge on any atom is -0.366 e. The number of carbonyl (C=O) groups is 1. The Kier molecular flexibility index (Phi) is 9.43. The van der Waals surface area contributed by atoms with Crippen molar-refractivity contribution in [3.05, 3.63) is 83.7 Å². The SMILES string of the molecule is C[SiH2][C@H](NCc1ccccn1)C(=O)NCc1ccc(CNc2cccc(N3CCN(C)CC3)n2)cc1. The van der Waals surface area contributed by atoms with Crippen LogP contribution in [-0.4, -0.2) is 69.2 Å². The van der Waals surface area contributed by atoms with Crippen LogP contribution in [0.15, 0.2) is 66.9 Å². The molecule has 3 N–H and O–H groups in total. The van der Waals surface area contributed by atoms with Gasteiger partial charge in [0.05, 0.1) is 11.4 Å². The monoisotopic (exact) mass is 503 g/mol. The molecule has 1 aromatic carbocycles. The Morgan fingerprint density at radius 3 is 2.39 bits per heavy atom. The van der Waals surface area contributed by atoms with Gasteiger partial charge in [0.2, 0.25) is 5.91 Å². The van der Waals surface area contributed by atoms with E-state index in [2.05, 4.69) is 80.7 Å². The predicted octanol–water partition coefficient (Wildman–Crippen LogP) is 1.79. The first kappa shape index (κ1) is 25.8. The number of hydrogen-bond acceptors (Lipinski definition) is 7. The number of rotatable bonds is 11. The molecule has 1 amide bonds. The lowest BCUT2D eigenvalue weighted by Crippen LogP contribution is -2.46. The Hall–Kier alpha value is -3.27. The summed E-state index contributed by atoms with van der Waals surface area (Å²) >= 11 is 0. The van der Waals surface area contributed by atoms with Gasteiger partial charge in [-0.2, -0.15) is 0 Å². The van der Waals surface area contributed by atoms with Crippen LogP contribution in [0.25, 0.3) is 0 Å². The van der Waals surface area contributed by atoms with Gasteiger partial charge < -0.3 is 25.8 Å². The second-order valence-electron chi connectivity index (χ2n) is 9.22. The lowest BCUT2D eigenvalue weighted by atomic mass is 10.1. The molecule has 8 nitrogen and oxygen atoms in total. The van der Waals surface area contributed by atoms with Crippen LogP contribution >= 0.6 is 0 Å². The van der Waals surface area contributed by atoms with Crippen LogP contribution in [0.5, 0.6) is 0 Å². The van der Waals surface area contributed by atoms with Crippen molar-refractivity contribution in [2.24, 2.45) is 0 Å². The molecule has 0 aliphatic carbocycles. The number of pyridine rings is 2. The van der Waals surface area contributed by atoms with Gasteiger partial charge >= 0.3 is 0 Å². The lowest BCUT2D eigenvalue weighted by Gasteiger charge is -2.33. The average molecular weight is 504 g/mol. The van der Waals surface area contributed by atoms with Crippen LogP contribution in [0.3, 0.4) is 0 Å². The summed E-state index contributed by atoms with van der Waals surface area (Å²) in [5, 5.41) is 9.88. The molecule has 0 saturated carbocycles. The molecule has 1 aliphatic heterocycles. The van der Waals surface area contributed by atoms with Crippen molar-refractivity contribution >= 4 is 27.1 Å². The molecule has 3 aromatic rings. The first-order valence-corrected chi connectivity index (χ1v) is 15.0. The molecule has 0 bridgehead atoms. The van der Waals surface area contributed by atoms with E-state index < -0.39 is 9.52 Å². The maximum absolute atomic E-state index is 12.7. The Labute approximate surface area is 216 Å². The second kappa shape index (κ2) is 13.2. The number of hydrogen-bond donors (Lipinski definition) is 3. The molecule has 0 radical (unpaired) electrons. The van der Waals surface area contributed by atoms with E-state index in [-0.39, 0.29) is 11.6 Å². The number of nitrogens with one attached hydrogen (secondary N) is 3. The van der Waals surface area contributed by atoms with Crippen LogP contribution in [0.4, 0.5) is 11.6 Å². The number of piperazine rings is 1. The fourth-order valence-corrected chi connectivity index (χ4v) is 5.11. The molecular weight excluding hydrogens is 466 g/mol. The summed E-state index contributed by atoms with van der Waals surface area (Å²) in [6, 6.07) is 20.3. The second-order valence-corrected chi connectivity index (χ2v) is 10.9. The lowest BCUT2D eigenvalue weighted by molar-refractivity contribution is -0.121. The summed E-state index contributed by atoms with van der Waals surface area (Å²) in [6.45, 7) is 8.12. The molecule has 4 rings (SSSR count). The third-order valence-electron chi connectivity index (χ3n) is 6.51. The fourth-order valence-electron chi connectivity index (χ4n) is 4.17. The van der Waals surface area contributed by atoms with Crippen molar-refractivity contribution < 1.29 is 4.79 Å². The Balaban J connectivity index is 1.22. The molecule has 1 fully saturated rings. The summed E-state index contributed by atoms with van der Waals surface area (Å²) in [7, 11) is 1.60. The molecule has 3 heterocycles. The van der Waals surface area contributed by atoms with Crippen LogP contribution in [-0.2, 0) is 24.4 Å². The van der Waals surface area contributed by atoms with E-state index in [0.717, 1.165) is 49.1 Å². The van der Waals surface area contributed by atoms with Gasteiger partial charge in [-0.05, 0) is 42.4 Å². The highest BCUT2D eigenvalue weighted by Crippen LogP contribution is 2.17. The fraction of sp³-hybridized carbons (Fsp3) is 0.370. The first-order chi connectivity index (χ1) is 17.6. The van der Waals surface area contributed by atoms with Crippen molar-refractivity contribution in [3.8, 4) is 0 Å². The standard InChI is InChI=1S/C27H37N7OSi/c1-33-14-16-34(17-15-33)25-8-5-7-24(32-25)29-18-21-9-11-22(12-10-21)19-30-26(35)27(36-2)31-20-23-6-3-4-13-28-23/h3-13,27,31H,14-20,36H2,1-2H3,(H,29,32)(H,30,35)/t27-/m0/s1. The molecule has 0 unspecified atom stereocenters. The number of amides is 1. The van der Waals surface area contributed by atoms with Gasteiger partial charge in [-0.25, -0.2) is 4.98 Å². The molecule has 0 spiro atoms. The van der Waals surface area contributed by atoms with Crippen LogP contribution in [0.2, 0.25) is 6.55 Å². The summed E-state index contributed by atoms with van der Waals surface area (Å²) in [6.07, 6.45) is 1.77. The molecule has 9 heteroatoms. The van der Waals surface area contributed by atoms with Crippen molar-refractivity contribution in [2.45, 2.75) is 31.8 Å². The van der Waals surface area contributed by atoms with Crippen LogP contribution in [0, 0.1) is 0 Å². The number of aromatic nitrogens is 2. The summed E-state index contributed by atoms with van der Waals surface area (Å²) in [5.74, 6) is 1.98. The highest BCUT2D eigenvalue weighted by Gasteiger charge is 2.16. The third kappa shape index (κ3) is 7.61. The maximum atomic E-state index is 12.7. The quantitative estimate of drug-likeness (QED) is 0.344. The van der Waals surface area contributed by atoms with Crippen molar-refractivity contribution in [3.63, 3.8) is 0 Å². The van der Waals surface area contributed by atoms with Gasteiger partial charge in [-0.3, -0.25) is 9.78 Å². The zero-order valence-electron chi connectivity index (χ0n) is 21.3. The van der Waals surface area contributed by atoms with Crippen LogP contribution < -0.4 is 20.9 Å². The van der Waals surface area contributed by atoms with E-state index in [1.807, 2.05) is 24.3 Å². The van der Waals surface area contributed by atoms with Gasteiger partial charge in [-0.15, -0.1) is 0 Å². The molecule has 190 valence electrons. The number of likely N-dealkylation sites (N-methyl/N-ethyl adjacent to an activating group) is 1. The topological polar surface area (TPSA) is 85.4 Å². The van der Waals surface area contributed by atoms with Gasteiger partial charge in [0, 0.05) is 61.5 Å². The molecule has 2 aromatic heterocycles. The Bertz CT molecular complexity index is 1090. The average Bonchev–Trinajstić information content (AvgIpc) is 2.93. The zero-order valence-corrected chi connectivity index (χ0v) is 22.7. The molecule has 1 atom stereocenters. The van der Waals surface area contributed by atoms with Gasteiger partial charge in [0.25, 0.3) is 0 Å². The molecule has 36 heavy (non-hydrogen) atoms. The van der Waals surface area contributed by atoms with Gasteiger partial charge in [0.15, 0.2) is 0 Å². The van der Waals surface area contributed by atoms with Gasteiger partial charge in [0.1, 0.15) is 11.6 Å². The Morgan fingerprint density at radius 1 is 0.944 bits per heavy atom. The summed E-state index contributed by atoms with van der Waals surface area (Å²) in [4.78, 5) is 26.5. The minimum absolute atomic E-state index is 0.0668. The van der Waals surface area contributed by atoms with E-state index in [4.69, 9.17) is 4.98 Å². The zero-order chi connectivity index (χ0) is 25.2. The molecule has 1 saturated heterocycles. The Morgan fingerprint density at radius 2 is 1.69 bits per heavy atom. The first-order valence-electron chi connectivity index (χ1n) is 12.7. The third-order valence-corrected chi connectivity index (χ3v) is 7.98. The van der Waals surface area contributed by atoms with E-state index in [9.17, 15) is 4.79 Å². The smallest absolute Gasteiger partial charge is 0.233 e. The molecular formula is C27H37N7OSi. The number of nitrogens with zero attached hydrogens (tertiary/aromatic N) is 4. The normalized spacial score (nSPS) is 15.2. The van der Waals surface area contributed by atoms with Crippen molar-refractivity contribution in [2.75, 3.05) is 43.4 Å². The minimum atomic E-state index is -0.557. The number of carbonyl (C=O) groups excluding carboxylic acids is 1. The van der Waals surface area contributed by atoms with E-state index in [1.54, 1.807) is 6.20 Å².